The molecule has 0 aliphatic carbocycles. The first-order chi connectivity index (χ1) is 17.7. The van der Waals surface area contributed by atoms with Crippen LogP contribution in [-0.2, 0) is 9.59 Å². The first-order valence-corrected chi connectivity index (χ1v) is 11.7. The van der Waals surface area contributed by atoms with Gasteiger partial charge in [0, 0.05) is 11.8 Å². The van der Waals surface area contributed by atoms with E-state index < -0.39 is 17.8 Å². The van der Waals surface area contributed by atoms with Gasteiger partial charge in [-0.3, -0.25) is 9.59 Å². The van der Waals surface area contributed by atoms with Crippen LogP contribution in [0.1, 0.15) is 27.0 Å². The quantitative estimate of drug-likeness (QED) is 0.257. The molecule has 0 unspecified atom stereocenters. The largest absolute Gasteiger partial charge is 0.497 e. The van der Waals surface area contributed by atoms with Crippen molar-refractivity contribution in [1.82, 2.24) is 0 Å². The molecule has 1 N–H and O–H groups in total. The lowest BCUT2D eigenvalue weighted by Crippen LogP contribution is -2.32. The summed E-state index contributed by atoms with van der Waals surface area (Å²) in [7, 11) is 2.90. The van der Waals surface area contributed by atoms with Gasteiger partial charge in [0.2, 0.25) is 0 Å². The number of hydrogen-bond acceptors (Lipinski definition) is 7. The third kappa shape index (κ3) is 4.88. The van der Waals surface area contributed by atoms with E-state index in [4.69, 9.17) is 25.8 Å². The monoisotopic (exact) mass is 520 g/mol. The van der Waals surface area contributed by atoms with Crippen LogP contribution in [0.3, 0.4) is 0 Å². The fraction of sp³-hybridized carbons (Fsp3) is 0.179. The van der Waals surface area contributed by atoms with Crippen LogP contribution in [0.2, 0.25) is 0 Å². The third-order valence-electron chi connectivity index (χ3n) is 6.11. The molecule has 190 valence electrons. The lowest BCUT2D eigenvalue weighted by Gasteiger charge is -2.19. The molecule has 0 atom stereocenters. The van der Waals surface area contributed by atoms with Crippen LogP contribution in [0.25, 0.3) is 0 Å². The lowest BCUT2D eigenvalue weighted by atomic mass is 10.1. The molecule has 0 spiro atoms. The summed E-state index contributed by atoms with van der Waals surface area (Å²) >= 11 is 6.26. The smallest absolute Gasteiger partial charge is 0.343 e. The van der Waals surface area contributed by atoms with Gasteiger partial charge in [0.1, 0.15) is 28.0 Å². The number of ether oxygens (including phenoxy) is 3. The Bertz CT molecular complexity index is 1450. The number of carbonyl (C=O) groups is 3. The van der Waals surface area contributed by atoms with Crippen LogP contribution < -0.4 is 24.4 Å². The highest BCUT2D eigenvalue weighted by Gasteiger charge is 2.40. The molecule has 0 bridgehead atoms. The fourth-order valence-electron chi connectivity index (χ4n) is 3.87. The standard InChI is InChI=1S/C28H25ClN2O6/c1-15-6-7-16(2)25(17(15)3)37-28(34)18-8-10-19(11-9-18)30-24-23(29)26(32)31(27(24)33)21-14-20(35-4)12-13-22(21)36-5/h6-14,30H,1-5H3. The van der Waals surface area contributed by atoms with Crippen molar-refractivity contribution in [3.63, 3.8) is 0 Å². The second-order valence-electron chi connectivity index (χ2n) is 8.42. The van der Waals surface area contributed by atoms with Gasteiger partial charge >= 0.3 is 5.97 Å². The normalized spacial score (nSPS) is 13.2. The number of nitrogens with one attached hydrogen (secondary N) is 1. The average molecular weight is 521 g/mol. The summed E-state index contributed by atoms with van der Waals surface area (Å²) < 4.78 is 16.2. The molecule has 1 heterocycles. The Morgan fingerprint density at radius 1 is 0.865 bits per heavy atom. The summed E-state index contributed by atoms with van der Waals surface area (Å²) in [5.41, 5.74) is 3.66. The van der Waals surface area contributed by atoms with E-state index >= 15 is 0 Å². The van der Waals surface area contributed by atoms with E-state index in [2.05, 4.69) is 5.32 Å². The number of methoxy groups -OCH3 is 2. The molecule has 0 radical (unpaired) electrons. The maximum atomic E-state index is 13.2. The van der Waals surface area contributed by atoms with Crippen molar-refractivity contribution in [3.8, 4) is 17.2 Å². The molecular weight excluding hydrogens is 496 g/mol. The van der Waals surface area contributed by atoms with E-state index in [9.17, 15) is 14.4 Å². The molecule has 1 aliphatic heterocycles. The Labute approximate surface area is 219 Å². The Morgan fingerprint density at radius 2 is 1.54 bits per heavy atom. The van der Waals surface area contributed by atoms with E-state index in [1.807, 2.05) is 32.9 Å². The number of esters is 1. The molecule has 0 aromatic heterocycles. The minimum absolute atomic E-state index is 0.0992. The fourth-order valence-corrected chi connectivity index (χ4v) is 4.08. The summed E-state index contributed by atoms with van der Waals surface area (Å²) in [5.74, 6) is -0.598. The van der Waals surface area contributed by atoms with E-state index in [0.717, 1.165) is 21.6 Å². The van der Waals surface area contributed by atoms with Crippen LogP contribution in [0.5, 0.6) is 17.2 Å². The zero-order valence-electron chi connectivity index (χ0n) is 21.0. The zero-order chi connectivity index (χ0) is 26.9. The number of rotatable bonds is 7. The summed E-state index contributed by atoms with van der Waals surface area (Å²) in [6, 6.07) is 14.9. The number of nitrogens with zero attached hydrogens (tertiary/aromatic N) is 1. The predicted molar refractivity (Wildman–Crippen MR) is 141 cm³/mol. The van der Waals surface area contributed by atoms with Crippen LogP contribution >= 0.6 is 11.6 Å². The molecule has 0 saturated heterocycles. The SMILES string of the molecule is COc1ccc(OC)c(N2C(=O)C(Cl)=C(Nc3ccc(C(=O)Oc4c(C)ccc(C)c4C)cc3)C2=O)c1. The van der Waals surface area contributed by atoms with Gasteiger partial charge in [-0.15, -0.1) is 0 Å². The number of imide groups is 1. The van der Waals surface area contributed by atoms with Gasteiger partial charge < -0.3 is 19.5 Å². The number of aryl methyl sites for hydroxylation is 2. The molecule has 4 rings (SSSR count). The predicted octanol–water partition coefficient (Wildman–Crippen LogP) is 5.28. The van der Waals surface area contributed by atoms with Gasteiger partial charge in [0.25, 0.3) is 11.8 Å². The number of amides is 2. The van der Waals surface area contributed by atoms with Gasteiger partial charge in [-0.2, -0.15) is 0 Å². The first kappa shape index (κ1) is 25.8. The van der Waals surface area contributed by atoms with Crippen LogP contribution in [0.4, 0.5) is 11.4 Å². The second-order valence-corrected chi connectivity index (χ2v) is 8.80. The van der Waals surface area contributed by atoms with Crippen molar-refractivity contribution in [3.05, 3.63) is 87.6 Å². The van der Waals surface area contributed by atoms with Gasteiger partial charge in [-0.1, -0.05) is 23.7 Å². The van der Waals surface area contributed by atoms with Crippen LogP contribution in [-0.4, -0.2) is 32.0 Å². The van der Waals surface area contributed by atoms with Gasteiger partial charge in [-0.05, 0) is 73.9 Å². The Hall–Kier alpha value is -4.30. The zero-order valence-corrected chi connectivity index (χ0v) is 21.7. The third-order valence-corrected chi connectivity index (χ3v) is 6.46. The molecule has 3 aromatic rings. The highest BCUT2D eigenvalue weighted by atomic mass is 35.5. The van der Waals surface area contributed by atoms with E-state index in [1.165, 1.54) is 20.3 Å². The van der Waals surface area contributed by atoms with Crippen molar-refractivity contribution < 1.29 is 28.6 Å². The van der Waals surface area contributed by atoms with Crippen molar-refractivity contribution in [2.45, 2.75) is 20.8 Å². The lowest BCUT2D eigenvalue weighted by molar-refractivity contribution is -0.120. The van der Waals surface area contributed by atoms with Crippen molar-refractivity contribution in [1.29, 1.82) is 0 Å². The molecule has 3 aromatic carbocycles. The van der Waals surface area contributed by atoms with Gasteiger partial charge in [0.05, 0.1) is 25.5 Å². The van der Waals surface area contributed by atoms with Crippen molar-refractivity contribution in [2.24, 2.45) is 0 Å². The molecule has 2 amide bonds. The van der Waals surface area contributed by atoms with Gasteiger partial charge in [0.15, 0.2) is 0 Å². The second kappa shape index (κ2) is 10.4. The number of carbonyl (C=O) groups excluding carboxylic acids is 3. The topological polar surface area (TPSA) is 94.2 Å². The Balaban J connectivity index is 1.53. The Kier molecular flexibility index (Phi) is 7.22. The Morgan fingerprint density at radius 3 is 2.19 bits per heavy atom. The van der Waals surface area contributed by atoms with E-state index in [-0.39, 0.29) is 16.4 Å². The van der Waals surface area contributed by atoms with Crippen molar-refractivity contribution >= 4 is 40.8 Å². The molecular formula is C28H25ClN2O6. The minimum atomic E-state index is -0.704. The molecule has 0 saturated carbocycles. The molecule has 9 heteroatoms. The molecule has 1 aliphatic rings. The molecule has 8 nitrogen and oxygen atoms in total. The van der Waals surface area contributed by atoms with Crippen LogP contribution in [0, 0.1) is 20.8 Å². The highest BCUT2D eigenvalue weighted by molar-refractivity contribution is 6.53. The summed E-state index contributed by atoms with van der Waals surface area (Å²) in [5, 5.41) is 2.62. The number of halogens is 1. The number of anilines is 2. The van der Waals surface area contributed by atoms with E-state index in [0.29, 0.717) is 28.5 Å². The molecule has 0 fully saturated rings. The highest BCUT2D eigenvalue weighted by Crippen LogP contribution is 2.38. The van der Waals surface area contributed by atoms with Crippen molar-refractivity contribution in [2.75, 3.05) is 24.4 Å². The summed E-state index contributed by atoms with van der Waals surface area (Å²) in [6.45, 7) is 5.73. The maximum absolute atomic E-state index is 13.2. The number of benzene rings is 3. The minimum Gasteiger partial charge on any atom is -0.497 e. The van der Waals surface area contributed by atoms with Crippen LogP contribution in [0.15, 0.2) is 65.3 Å². The summed E-state index contributed by atoms with van der Waals surface area (Å²) in [6.07, 6.45) is 0. The van der Waals surface area contributed by atoms with E-state index in [1.54, 1.807) is 36.4 Å². The average Bonchev–Trinajstić information content (AvgIpc) is 3.11. The first-order valence-electron chi connectivity index (χ1n) is 11.3. The van der Waals surface area contributed by atoms with Gasteiger partial charge in [-0.25, -0.2) is 9.69 Å². The maximum Gasteiger partial charge on any atom is 0.343 e. The number of hydrogen-bond donors (Lipinski definition) is 1. The summed E-state index contributed by atoms with van der Waals surface area (Å²) in [4.78, 5) is 39.8. The molecule has 37 heavy (non-hydrogen) atoms.